The van der Waals surface area contributed by atoms with Gasteiger partial charge in [0.1, 0.15) is 6.04 Å². The van der Waals surface area contributed by atoms with Gasteiger partial charge in [-0.3, -0.25) is 29.4 Å². The van der Waals surface area contributed by atoms with Gasteiger partial charge < -0.3 is 15.7 Å². The molecule has 0 aliphatic carbocycles. The van der Waals surface area contributed by atoms with E-state index in [2.05, 4.69) is 16.0 Å². The van der Waals surface area contributed by atoms with Gasteiger partial charge in [-0.1, -0.05) is 12.1 Å². The molecular formula is C19H20F2N4O5. The average molecular weight is 422 g/mol. The quantitative estimate of drug-likeness (QED) is 0.440. The second-order valence-corrected chi connectivity index (χ2v) is 7.73. The number of alkyl halides is 2. The van der Waals surface area contributed by atoms with Crippen LogP contribution in [-0.4, -0.2) is 70.8 Å². The molecule has 0 aromatic heterocycles. The molecule has 11 heteroatoms. The highest BCUT2D eigenvalue weighted by molar-refractivity contribution is 6.24. The topological polar surface area (TPSA) is 128 Å². The molecule has 2 saturated heterocycles. The summed E-state index contributed by atoms with van der Waals surface area (Å²) in [4.78, 5) is 50.0. The third-order valence-corrected chi connectivity index (χ3v) is 5.73. The Balaban J connectivity index is 1.50. The summed E-state index contributed by atoms with van der Waals surface area (Å²) < 4.78 is 28.4. The fourth-order valence-corrected chi connectivity index (χ4v) is 3.87. The molecule has 30 heavy (non-hydrogen) atoms. The summed E-state index contributed by atoms with van der Waals surface area (Å²) in [5.41, 5.74) is -1.66. The van der Waals surface area contributed by atoms with Crippen LogP contribution in [0.15, 0.2) is 18.2 Å². The van der Waals surface area contributed by atoms with Gasteiger partial charge in [-0.2, -0.15) is 0 Å². The Morgan fingerprint density at radius 1 is 1.20 bits per heavy atom. The van der Waals surface area contributed by atoms with Crippen molar-refractivity contribution in [2.45, 2.75) is 37.0 Å². The van der Waals surface area contributed by atoms with Crippen LogP contribution in [0.3, 0.4) is 0 Å². The zero-order valence-electron chi connectivity index (χ0n) is 15.8. The van der Waals surface area contributed by atoms with E-state index < -0.39 is 47.7 Å². The van der Waals surface area contributed by atoms with Crippen molar-refractivity contribution in [1.82, 2.24) is 20.9 Å². The molecule has 0 bridgehead atoms. The highest BCUT2D eigenvalue weighted by Crippen LogP contribution is 2.32. The van der Waals surface area contributed by atoms with E-state index in [1.54, 1.807) is 0 Å². The van der Waals surface area contributed by atoms with Crippen LogP contribution in [0, 0.1) is 0 Å². The summed E-state index contributed by atoms with van der Waals surface area (Å²) >= 11 is 0. The lowest BCUT2D eigenvalue weighted by atomic mass is 9.89. The van der Waals surface area contributed by atoms with E-state index in [0.717, 1.165) is 4.90 Å². The van der Waals surface area contributed by atoms with Crippen LogP contribution < -0.4 is 16.0 Å². The van der Waals surface area contributed by atoms with E-state index in [1.165, 1.54) is 18.2 Å². The number of carbonyl (C=O) groups is 4. The number of amides is 4. The molecule has 3 aliphatic heterocycles. The van der Waals surface area contributed by atoms with Crippen LogP contribution in [-0.2, 0) is 16.1 Å². The molecular weight excluding hydrogens is 402 g/mol. The van der Waals surface area contributed by atoms with Crippen LogP contribution >= 0.6 is 0 Å². The fraction of sp³-hybridized carbons (Fsp3) is 0.474. The molecule has 4 N–H and O–H groups in total. The van der Waals surface area contributed by atoms with Gasteiger partial charge in [0.05, 0.1) is 17.7 Å². The van der Waals surface area contributed by atoms with Crippen molar-refractivity contribution in [3.8, 4) is 0 Å². The molecule has 1 unspecified atom stereocenters. The van der Waals surface area contributed by atoms with Gasteiger partial charge in [0, 0.05) is 26.1 Å². The number of hydrogen-bond donors (Lipinski definition) is 4. The number of aliphatic hydroxyl groups is 1. The van der Waals surface area contributed by atoms with Crippen LogP contribution in [0.1, 0.15) is 39.1 Å². The molecule has 160 valence electrons. The van der Waals surface area contributed by atoms with Gasteiger partial charge in [-0.05, 0) is 18.1 Å². The summed E-state index contributed by atoms with van der Waals surface area (Å²) in [7, 11) is 0. The lowest BCUT2D eigenvalue weighted by Gasteiger charge is -2.43. The first kappa shape index (κ1) is 20.5. The van der Waals surface area contributed by atoms with E-state index in [4.69, 9.17) is 0 Å². The summed E-state index contributed by atoms with van der Waals surface area (Å²) in [6.45, 7) is -1.37. The number of fused-ring (bicyclic) bond motifs is 1. The third-order valence-electron chi connectivity index (χ3n) is 5.73. The lowest BCUT2D eigenvalue weighted by molar-refractivity contribution is -0.199. The zero-order chi connectivity index (χ0) is 21.7. The SMILES string of the molecule is O=C1CCC(N2C(=O)c3cccc(CNCC(F)(F)C4(O)CNC4)c3C2=O)C(=O)N1. The standard InChI is InChI=1S/C19H20F2N4O5/c20-19(21,18(30)7-23-8-18)9-22-6-10-2-1-3-11-14(10)17(29)25(16(11)28)12-4-5-13(26)24-15(12)27/h1-3,12,22-23,30H,4-9H2,(H,24,26,27). The second kappa shape index (κ2) is 7.18. The Kier molecular flexibility index (Phi) is 4.91. The Labute approximate surface area is 169 Å². The molecule has 0 spiro atoms. The van der Waals surface area contributed by atoms with Crippen molar-refractivity contribution in [3.63, 3.8) is 0 Å². The highest BCUT2D eigenvalue weighted by atomic mass is 19.3. The maximum absolute atomic E-state index is 14.2. The molecule has 1 atom stereocenters. The summed E-state index contributed by atoms with van der Waals surface area (Å²) in [5.74, 6) is -5.93. The number of halogens is 2. The van der Waals surface area contributed by atoms with E-state index in [-0.39, 0.29) is 43.6 Å². The van der Waals surface area contributed by atoms with Crippen LogP contribution in [0.25, 0.3) is 0 Å². The molecule has 2 fully saturated rings. The first-order valence-electron chi connectivity index (χ1n) is 9.50. The molecule has 1 aromatic rings. The van der Waals surface area contributed by atoms with Gasteiger partial charge in [-0.25, -0.2) is 8.78 Å². The minimum absolute atomic E-state index is 0.00503. The van der Waals surface area contributed by atoms with Gasteiger partial charge in [-0.15, -0.1) is 0 Å². The highest BCUT2D eigenvalue weighted by Gasteiger charge is 2.56. The van der Waals surface area contributed by atoms with Crippen molar-refractivity contribution in [1.29, 1.82) is 0 Å². The van der Waals surface area contributed by atoms with E-state index in [9.17, 15) is 33.1 Å². The number of benzene rings is 1. The molecule has 9 nitrogen and oxygen atoms in total. The second-order valence-electron chi connectivity index (χ2n) is 7.73. The fourth-order valence-electron chi connectivity index (χ4n) is 3.87. The molecule has 0 saturated carbocycles. The van der Waals surface area contributed by atoms with Gasteiger partial charge in [0.25, 0.3) is 17.7 Å². The first-order chi connectivity index (χ1) is 14.1. The molecule has 0 radical (unpaired) electrons. The predicted molar refractivity (Wildman–Crippen MR) is 97.6 cm³/mol. The molecule has 4 rings (SSSR count). The zero-order valence-corrected chi connectivity index (χ0v) is 15.8. The lowest BCUT2D eigenvalue weighted by Crippen LogP contribution is -2.71. The maximum atomic E-state index is 14.2. The van der Waals surface area contributed by atoms with Crippen molar-refractivity contribution >= 4 is 23.6 Å². The number of imide groups is 2. The Hall–Kier alpha value is -2.76. The van der Waals surface area contributed by atoms with Gasteiger partial charge >= 0.3 is 0 Å². The summed E-state index contributed by atoms with van der Waals surface area (Å²) in [6.07, 6.45) is 0.0354. The van der Waals surface area contributed by atoms with Crippen LogP contribution in [0.4, 0.5) is 8.78 Å². The van der Waals surface area contributed by atoms with Gasteiger partial charge in [0.15, 0.2) is 5.60 Å². The number of carbonyl (C=O) groups excluding carboxylic acids is 4. The van der Waals surface area contributed by atoms with Crippen molar-refractivity contribution < 1.29 is 33.1 Å². The minimum atomic E-state index is -3.38. The summed E-state index contributed by atoms with van der Waals surface area (Å²) in [6, 6.07) is 3.39. The van der Waals surface area contributed by atoms with E-state index in [1.807, 2.05) is 0 Å². The van der Waals surface area contributed by atoms with Crippen LogP contribution in [0.5, 0.6) is 0 Å². The normalized spacial score (nSPS) is 23.3. The summed E-state index contributed by atoms with van der Waals surface area (Å²) in [5, 5.41) is 17.1. The maximum Gasteiger partial charge on any atom is 0.290 e. The predicted octanol–water partition coefficient (Wildman–Crippen LogP) is -0.853. The number of hydrogen-bond acceptors (Lipinski definition) is 7. The molecule has 4 amide bonds. The van der Waals surface area contributed by atoms with E-state index >= 15 is 0 Å². The minimum Gasteiger partial charge on any atom is -0.381 e. The largest absolute Gasteiger partial charge is 0.381 e. The number of nitrogens with one attached hydrogen (secondary N) is 3. The molecule has 1 aromatic carbocycles. The first-order valence-corrected chi connectivity index (χ1v) is 9.50. The number of piperidine rings is 1. The van der Waals surface area contributed by atoms with Gasteiger partial charge in [0.2, 0.25) is 11.8 Å². The molecule has 3 heterocycles. The van der Waals surface area contributed by atoms with Crippen molar-refractivity contribution in [3.05, 3.63) is 34.9 Å². The Morgan fingerprint density at radius 3 is 2.57 bits per heavy atom. The number of rotatable bonds is 6. The van der Waals surface area contributed by atoms with E-state index in [0.29, 0.717) is 5.56 Å². The van der Waals surface area contributed by atoms with Crippen molar-refractivity contribution in [2.24, 2.45) is 0 Å². The Bertz CT molecular complexity index is 947. The Morgan fingerprint density at radius 2 is 1.93 bits per heavy atom. The van der Waals surface area contributed by atoms with Crippen molar-refractivity contribution in [2.75, 3.05) is 19.6 Å². The van der Waals surface area contributed by atoms with Crippen LogP contribution in [0.2, 0.25) is 0 Å². The average Bonchev–Trinajstić information content (AvgIpc) is 2.91. The smallest absolute Gasteiger partial charge is 0.290 e. The molecule has 3 aliphatic rings. The monoisotopic (exact) mass is 422 g/mol. The third kappa shape index (κ3) is 3.18. The number of nitrogens with zero attached hydrogens (tertiary/aromatic N) is 1. The number of β-amino-alcohol motifs (C(OH)–C–C–N with tert-alkyl or cyclic N) is 1.